The molecule has 0 aromatic heterocycles. The molecule has 0 spiro atoms. The van der Waals surface area contributed by atoms with Crippen molar-refractivity contribution in [2.24, 2.45) is 5.92 Å². The van der Waals surface area contributed by atoms with Crippen LogP contribution >= 0.6 is 15.9 Å². The second-order valence-electron chi connectivity index (χ2n) is 5.98. The van der Waals surface area contributed by atoms with E-state index in [0.29, 0.717) is 5.92 Å². The van der Waals surface area contributed by atoms with E-state index in [4.69, 9.17) is 4.74 Å². The van der Waals surface area contributed by atoms with E-state index in [-0.39, 0.29) is 6.23 Å². The van der Waals surface area contributed by atoms with Crippen LogP contribution in [0.3, 0.4) is 0 Å². The van der Waals surface area contributed by atoms with Crippen molar-refractivity contribution in [3.8, 4) is 0 Å². The predicted octanol–water partition coefficient (Wildman–Crippen LogP) is 4.02. The van der Waals surface area contributed by atoms with E-state index < -0.39 is 0 Å². The highest BCUT2D eigenvalue weighted by Gasteiger charge is 2.24. The van der Waals surface area contributed by atoms with Gasteiger partial charge in [-0.1, -0.05) is 41.1 Å². The molecule has 0 saturated carbocycles. The smallest absolute Gasteiger partial charge is 0.143 e. The lowest BCUT2D eigenvalue weighted by atomic mass is 9.98. The van der Waals surface area contributed by atoms with E-state index in [1.165, 1.54) is 24.0 Å². The maximum absolute atomic E-state index is 5.84. The highest BCUT2D eigenvalue weighted by molar-refractivity contribution is 9.11. The Balaban J connectivity index is 1.75. The van der Waals surface area contributed by atoms with Crippen LogP contribution in [0.25, 0.3) is 0 Å². The van der Waals surface area contributed by atoms with E-state index in [9.17, 15) is 0 Å². The Labute approximate surface area is 135 Å². The molecule has 2 atom stereocenters. The average Bonchev–Trinajstić information content (AvgIpc) is 2.98. The first kappa shape index (κ1) is 15.1. The zero-order valence-electron chi connectivity index (χ0n) is 12.5. The van der Waals surface area contributed by atoms with Gasteiger partial charge in [0.25, 0.3) is 0 Å². The van der Waals surface area contributed by atoms with Gasteiger partial charge in [-0.15, -0.1) is 0 Å². The fourth-order valence-corrected chi connectivity index (χ4v) is 3.27. The van der Waals surface area contributed by atoms with Gasteiger partial charge >= 0.3 is 0 Å². The largest absolute Gasteiger partial charge is 0.357 e. The molecule has 3 rings (SSSR count). The molecule has 0 bridgehead atoms. The lowest BCUT2D eigenvalue weighted by molar-refractivity contribution is -0.0796. The Bertz CT molecular complexity index is 501. The van der Waals surface area contributed by atoms with Gasteiger partial charge in [-0.2, -0.15) is 0 Å². The molecule has 2 aliphatic heterocycles. The molecule has 0 amide bonds. The standard InChI is InChI=1S/C17H23BrN2O/c1-13-5-7-14(10-16(18)8-6-13)15-11-19-20(12-15)17-4-2-3-9-21-17/h6-8,10,12-13,17,19H,2-5,9,11H2,1H3/b8-6-,14-7-,16-10+/t13-,17?/m1/s1. The van der Waals surface area contributed by atoms with Crippen molar-refractivity contribution in [1.29, 1.82) is 0 Å². The molecular formula is C17H23BrN2O. The first-order chi connectivity index (χ1) is 10.2. The van der Waals surface area contributed by atoms with Gasteiger partial charge in [0, 0.05) is 23.8 Å². The molecule has 0 radical (unpaired) electrons. The summed E-state index contributed by atoms with van der Waals surface area (Å²) in [5, 5.41) is 2.15. The van der Waals surface area contributed by atoms with Crippen LogP contribution < -0.4 is 5.43 Å². The van der Waals surface area contributed by atoms with Crippen molar-refractivity contribution in [3.05, 3.63) is 46.1 Å². The minimum Gasteiger partial charge on any atom is -0.357 e. The Morgan fingerprint density at radius 3 is 3.10 bits per heavy atom. The Morgan fingerprint density at radius 1 is 1.38 bits per heavy atom. The van der Waals surface area contributed by atoms with Gasteiger partial charge in [-0.3, -0.25) is 5.01 Å². The maximum atomic E-state index is 5.84. The number of rotatable bonds is 2. The van der Waals surface area contributed by atoms with Crippen molar-refractivity contribution < 1.29 is 4.74 Å². The zero-order valence-corrected chi connectivity index (χ0v) is 14.1. The number of hydrazine groups is 1. The van der Waals surface area contributed by atoms with Gasteiger partial charge in [0.15, 0.2) is 0 Å². The number of nitrogens with one attached hydrogen (secondary N) is 1. The predicted molar refractivity (Wildman–Crippen MR) is 89.5 cm³/mol. The third kappa shape index (κ3) is 3.87. The molecule has 0 aromatic rings. The van der Waals surface area contributed by atoms with Crippen LogP contribution in [-0.4, -0.2) is 24.4 Å². The highest BCUT2D eigenvalue weighted by atomic mass is 79.9. The Morgan fingerprint density at radius 2 is 2.29 bits per heavy atom. The summed E-state index contributed by atoms with van der Waals surface area (Å²) in [5.74, 6) is 0.578. The van der Waals surface area contributed by atoms with Crippen LogP contribution in [0.4, 0.5) is 0 Å². The lowest BCUT2D eigenvalue weighted by Gasteiger charge is -2.30. The van der Waals surface area contributed by atoms with Crippen LogP contribution in [0.1, 0.15) is 32.6 Å². The maximum Gasteiger partial charge on any atom is 0.143 e. The van der Waals surface area contributed by atoms with Crippen LogP contribution in [0.5, 0.6) is 0 Å². The van der Waals surface area contributed by atoms with E-state index in [1.807, 2.05) is 0 Å². The van der Waals surface area contributed by atoms with Crippen LogP contribution in [0.2, 0.25) is 0 Å². The molecule has 0 aromatic carbocycles. The third-order valence-electron chi connectivity index (χ3n) is 4.17. The molecule has 1 unspecified atom stereocenters. The van der Waals surface area contributed by atoms with Gasteiger partial charge in [0.2, 0.25) is 0 Å². The summed E-state index contributed by atoms with van der Waals surface area (Å²) in [6.45, 7) is 4.00. The Kier molecular flexibility index (Phi) is 4.99. The first-order valence-electron chi connectivity index (χ1n) is 7.82. The second-order valence-corrected chi connectivity index (χ2v) is 6.89. The van der Waals surface area contributed by atoms with E-state index in [2.05, 4.69) is 63.8 Å². The summed E-state index contributed by atoms with van der Waals surface area (Å²) in [6, 6.07) is 0. The molecule has 1 saturated heterocycles. The molecule has 2 heterocycles. The average molecular weight is 351 g/mol. The molecule has 3 aliphatic rings. The number of hydrogen-bond donors (Lipinski definition) is 1. The molecule has 3 nitrogen and oxygen atoms in total. The fourth-order valence-electron chi connectivity index (χ4n) is 2.87. The summed E-state index contributed by atoms with van der Waals surface area (Å²) in [4.78, 5) is 0. The van der Waals surface area contributed by atoms with Gasteiger partial charge in [0.05, 0.1) is 0 Å². The van der Waals surface area contributed by atoms with Gasteiger partial charge in [0.1, 0.15) is 6.23 Å². The molecule has 1 aliphatic carbocycles. The van der Waals surface area contributed by atoms with E-state index >= 15 is 0 Å². The highest BCUT2D eigenvalue weighted by Crippen LogP contribution is 2.26. The molecule has 4 heteroatoms. The summed E-state index contributed by atoms with van der Waals surface area (Å²) in [5.41, 5.74) is 6.09. The summed E-state index contributed by atoms with van der Waals surface area (Å²) in [7, 11) is 0. The van der Waals surface area contributed by atoms with Crippen LogP contribution in [0, 0.1) is 5.92 Å². The fraction of sp³-hybridized carbons (Fsp3) is 0.529. The first-order valence-corrected chi connectivity index (χ1v) is 8.62. The second kappa shape index (κ2) is 6.95. The van der Waals surface area contributed by atoms with Crippen molar-refractivity contribution in [2.75, 3.05) is 13.2 Å². The summed E-state index contributed by atoms with van der Waals surface area (Å²) < 4.78 is 6.98. The minimum absolute atomic E-state index is 0.191. The zero-order chi connectivity index (χ0) is 14.7. The quantitative estimate of drug-likeness (QED) is 0.813. The molecule has 1 fully saturated rings. The number of nitrogens with zero attached hydrogens (tertiary/aromatic N) is 1. The van der Waals surface area contributed by atoms with Crippen molar-refractivity contribution in [2.45, 2.75) is 38.8 Å². The van der Waals surface area contributed by atoms with Gasteiger partial charge in [-0.05, 0) is 48.8 Å². The molecular weight excluding hydrogens is 328 g/mol. The van der Waals surface area contributed by atoms with E-state index in [1.54, 1.807) is 0 Å². The van der Waals surface area contributed by atoms with Crippen molar-refractivity contribution in [1.82, 2.24) is 10.4 Å². The number of allylic oxidation sites excluding steroid dienone is 5. The topological polar surface area (TPSA) is 24.5 Å². The monoisotopic (exact) mass is 350 g/mol. The number of ether oxygens (including phenoxy) is 1. The number of halogens is 1. The van der Waals surface area contributed by atoms with Gasteiger partial charge < -0.3 is 4.74 Å². The molecule has 114 valence electrons. The van der Waals surface area contributed by atoms with E-state index in [0.717, 1.165) is 30.5 Å². The Hall–Kier alpha value is -0.840. The lowest BCUT2D eigenvalue weighted by Crippen LogP contribution is -2.41. The minimum atomic E-state index is 0.191. The number of hydrogen-bond acceptors (Lipinski definition) is 3. The summed E-state index contributed by atoms with van der Waals surface area (Å²) >= 11 is 3.63. The third-order valence-corrected chi connectivity index (χ3v) is 4.66. The van der Waals surface area contributed by atoms with Gasteiger partial charge in [-0.25, -0.2) is 5.43 Å². The SMILES string of the molecule is C[C@H]1\C=C/C(Br)=C\C(C2=CN(C3CCCCO3)NC2)=C\C1. The molecule has 1 N–H and O–H groups in total. The summed E-state index contributed by atoms with van der Waals surface area (Å²) in [6.07, 6.45) is 16.0. The van der Waals surface area contributed by atoms with Crippen molar-refractivity contribution >= 4 is 15.9 Å². The van der Waals surface area contributed by atoms with Crippen LogP contribution in [0.15, 0.2) is 46.1 Å². The molecule has 21 heavy (non-hydrogen) atoms. The van der Waals surface area contributed by atoms with Crippen LogP contribution in [-0.2, 0) is 4.74 Å². The normalized spacial score (nSPS) is 36.9. The van der Waals surface area contributed by atoms with Crippen molar-refractivity contribution in [3.63, 3.8) is 0 Å².